The molecule has 0 saturated heterocycles. The van der Waals surface area contributed by atoms with Crippen molar-refractivity contribution < 1.29 is 15.6 Å². The number of benzene rings is 4. The van der Waals surface area contributed by atoms with Gasteiger partial charge in [-0.1, -0.05) is 0 Å². The number of halogens is 2. The van der Waals surface area contributed by atoms with Crippen LogP contribution in [0.25, 0.3) is 34.4 Å². The second-order valence-electron chi connectivity index (χ2n) is 15.3. The van der Waals surface area contributed by atoms with E-state index in [1.165, 1.54) is 77.9 Å². The summed E-state index contributed by atoms with van der Waals surface area (Å²) in [5.41, 5.74) is 19.0. The Hall–Kier alpha value is -1.96. The maximum atomic E-state index is 8.88. The summed E-state index contributed by atoms with van der Waals surface area (Å²) in [5, 5.41) is 0. The van der Waals surface area contributed by atoms with Gasteiger partial charge in [-0.15, -0.1) is 0 Å². The molecule has 4 heteroatoms. The summed E-state index contributed by atoms with van der Waals surface area (Å²) < 4.78 is 0.169. The number of fused-ring (bicyclic) bond motifs is 2. The fourth-order valence-electron chi connectivity index (χ4n) is 8.97. The zero-order valence-electron chi connectivity index (χ0n) is 30.6. The second kappa shape index (κ2) is 13.3. The van der Waals surface area contributed by atoms with Crippen molar-refractivity contribution in [2.45, 2.75) is 88.6 Å². The Bertz CT molecular complexity index is 1830. The molecule has 0 saturated carbocycles. The van der Waals surface area contributed by atoms with Gasteiger partial charge in [-0.2, -0.15) is 0 Å². The molecule has 0 radical (unpaired) electrons. The Kier molecular flexibility index (Phi) is 9.93. The molecule has 0 spiro atoms. The summed E-state index contributed by atoms with van der Waals surface area (Å²) in [4.78, 5) is 0. The molecular formula is C44H53Cl2SiZr. The van der Waals surface area contributed by atoms with Crippen LogP contribution in [0.1, 0.15) is 92.3 Å². The van der Waals surface area contributed by atoms with E-state index >= 15 is 0 Å². The van der Waals surface area contributed by atoms with Crippen LogP contribution in [-0.4, -0.2) is 5.92 Å². The summed E-state index contributed by atoms with van der Waals surface area (Å²) >= 11 is -4.96. The van der Waals surface area contributed by atoms with Gasteiger partial charge in [0.05, 0.1) is 0 Å². The molecule has 4 unspecified atom stereocenters. The molecule has 0 amide bonds. The van der Waals surface area contributed by atoms with Crippen molar-refractivity contribution in [2.75, 3.05) is 0 Å². The van der Waals surface area contributed by atoms with Gasteiger partial charge in [0.2, 0.25) is 0 Å². The molecular weight excluding hydrogens is 719 g/mol. The Morgan fingerprint density at radius 2 is 0.958 bits per heavy atom. The first-order valence-corrected chi connectivity index (χ1v) is 34.5. The van der Waals surface area contributed by atoms with E-state index in [2.05, 4.69) is 153 Å². The zero-order chi connectivity index (χ0) is 34.7. The number of hydrogen-bond donors (Lipinski definition) is 0. The molecule has 0 aromatic heterocycles. The van der Waals surface area contributed by atoms with Crippen LogP contribution >= 0.6 is 17.0 Å². The third-order valence-corrected chi connectivity index (χ3v) is 63.9. The van der Waals surface area contributed by atoms with Gasteiger partial charge in [0, 0.05) is 0 Å². The molecule has 251 valence electrons. The van der Waals surface area contributed by atoms with Crippen LogP contribution < -0.4 is 0 Å². The second-order valence-corrected chi connectivity index (χ2v) is 57.8. The Morgan fingerprint density at radius 3 is 1.29 bits per heavy atom. The van der Waals surface area contributed by atoms with Crippen molar-refractivity contribution in [2.24, 2.45) is 11.8 Å². The van der Waals surface area contributed by atoms with E-state index < -0.39 is 21.5 Å². The number of rotatable bonds is 9. The van der Waals surface area contributed by atoms with E-state index in [-0.39, 0.29) is 7.25 Å². The average Bonchev–Trinajstić information content (AvgIpc) is 3.66. The van der Waals surface area contributed by atoms with Gasteiger partial charge < -0.3 is 0 Å². The van der Waals surface area contributed by atoms with E-state index in [1.807, 2.05) is 0 Å². The SMILES string of the molecule is CCC(C)C1=Cc2c(ccc(C)c2-c2ccccc2C)[CH]1[Zr]([Cl])([Cl])([CH]1C(C(C)CC)=Cc2c1ccc(C)c2-c1ccccc1C)[SiH](C)C. The summed E-state index contributed by atoms with van der Waals surface area (Å²) in [6.07, 6.45) is 7.24. The molecule has 0 aliphatic heterocycles. The van der Waals surface area contributed by atoms with Crippen molar-refractivity contribution in [1.82, 2.24) is 0 Å². The minimum atomic E-state index is -4.96. The monoisotopic (exact) mass is 769 g/mol. The third-order valence-electron chi connectivity index (χ3n) is 12.3. The molecule has 6 rings (SSSR count). The van der Waals surface area contributed by atoms with Gasteiger partial charge >= 0.3 is 302 Å². The van der Waals surface area contributed by atoms with Crippen LogP contribution in [0, 0.1) is 39.5 Å². The molecule has 0 N–H and O–H groups in total. The Balaban J connectivity index is 1.69. The third kappa shape index (κ3) is 5.48. The molecule has 4 aromatic carbocycles. The maximum absolute atomic E-state index is 8.88. The predicted molar refractivity (Wildman–Crippen MR) is 214 cm³/mol. The summed E-state index contributed by atoms with van der Waals surface area (Å²) in [6, 6.07) is 27.2. The summed E-state index contributed by atoms with van der Waals surface area (Å²) in [5.74, 6) is -0.902. The molecule has 4 aromatic rings. The van der Waals surface area contributed by atoms with Crippen LogP contribution in [0.5, 0.6) is 0 Å². The van der Waals surface area contributed by atoms with Crippen LogP contribution in [0.15, 0.2) is 83.9 Å². The molecule has 0 fully saturated rings. The van der Waals surface area contributed by atoms with Gasteiger partial charge in [-0.25, -0.2) is 0 Å². The fraction of sp³-hybridized carbons (Fsp3) is 0.364. The minimum absolute atomic E-state index is 0.0846. The first-order chi connectivity index (χ1) is 22.8. The van der Waals surface area contributed by atoms with Crippen LogP contribution in [-0.2, 0) is 15.6 Å². The van der Waals surface area contributed by atoms with Gasteiger partial charge in [0.25, 0.3) is 0 Å². The fourth-order valence-corrected chi connectivity index (χ4v) is 40.2. The number of allylic oxidation sites excluding steroid dienone is 2. The molecule has 0 nitrogen and oxygen atoms in total. The van der Waals surface area contributed by atoms with Gasteiger partial charge in [0.1, 0.15) is 0 Å². The van der Waals surface area contributed by atoms with E-state index in [1.54, 1.807) is 0 Å². The Labute approximate surface area is 299 Å². The van der Waals surface area contributed by atoms with Crippen LogP contribution in [0.2, 0.25) is 13.1 Å². The van der Waals surface area contributed by atoms with Gasteiger partial charge in [-0.05, 0) is 0 Å². The average molecular weight is 772 g/mol. The topological polar surface area (TPSA) is 0 Å². The van der Waals surface area contributed by atoms with E-state index in [4.69, 9.17) is 17.0 Å². The van der Waals surface area contributed by atoms with E-state index in [9.17, 15) is 0 Å². The molecule has 0 heterocycles. The standard InChI is InChI=1S/2C21H23.C2H7Si.2ClH.Zr/c2*1-5-14(2)18-12-17-11-10-16(4)21(20(17)13-18)19-9-7-6-8-15(19)3;1-3-2;;;/h2*6-14H,5H2,1-4H3;3H,1-2H3;2*1H;/q;;;;;+2/p-2. The normalized spacial score (nSPS) is 19.3. The quantitative estimate of drug-likeness (QED) is 0.149. The van der Waals surface area contributed by atoms with E-state index in [0.717, 1.165) is 12.8 Å². The molecule has 2 aliphatic carbocycles. The van der Waals surface area contributed by atoms with E-state index in [0.29, 0.717) is 11.8 Å². The molecule has 48 heavy (non-hydrogen) atoms. The van der Waals surface area contributed by atoms with Crippen molar-refractivity contribution in [3.8, 4) is 22.3 Å². The van der Waals surface area contributed by atoms with Crippen molar-refractivity contribution in [3.63, 3.8) is 0 Å². The van der Waals surface area contributed by atoms with Crippen LogP contribution in [0.4, 0.5) is 0 Å². The zero-order valence-corrected chi connectivity index (χ0v) is 35.8. The molecule has 2 aliphatic rings. The number of aryl methyl sites for hydroxylation is 4. The van der Waals surface area contributed by atoms with Crippen molar-refractivity contribution >= 4 is 35.1 Å². The predicted octanol–water partition coefficient (Wildman–Crippen LogP) is 13.9. The first kappa shape index (κ1) is 35.9. The number of hydrogen-bond acceptors (Lipinski definition) is 0. The van der Waals surface area contributed by atoms with Gasteiger partial charge in [-0.3, -0.25) is 0 Å². The Morgan fingerprint density at radius 1 is 0.583 bits per heavy atom. The first-order valence-electron chi connectivity index (χ1n) is 18.1. The molecule has 4 atom stereocenters. The van der Waals surface area contributed by atoms with Crippen molar-refractivity contribution in [1.29, 1.82) is 0 Å². The van der Waals surface area contributed by atoms with Crippen LogP contribution in [0.3, 0.4) is 0 Å². The van der Waals surface area contributed by atoms with Crippen molar-refractivity contribution in [3.05, 3.63) is 128 Å². The summed E-state index contributed by atoms with van der Waals surface area (Å²) in [7, 11) is 17.8. The summed E-state index contributed by atoms with van der Waals surface area (Å²) in [6.45, 7) is 23.4. The molecule has 0 bridgehead atoms. The van der Waals surface area contributed by atoms with Gasteiger partial charge in [0.15, 0.2) is 0 Å².